The number of amides is 1. The maximum atomic E-state index is 11.9. The summed E-state index contributed by atoms with van der Waals surface area (Å²) in [5, 5.41) is 20.5. The molecule has 1 aromatic carbocycles. The molecule has 1 rings (SSSR count). The molecule has 1 amide bonds. The minimum absolute atomic E-state index is 0.0489. The van der Waals surface area contributed by atoms with Crippen LogP contribution in [0.25, 0.3) is 0 Å². The topological polar surface area (TPSA) is 98.8 Å². The predicted octanol–water partition coefficient (Wildman–Crippen LogP) is -0.630. The van der Waals surface area contributed by atoms with E-state index in [1.807, 2.05) is 18.2 Å². The Hall–Kier alpha value is -1.47. The molecule has 6 nitrogen and oxygen atoms in total. The van der Waals surface area contributed by atoms with Crippen LogP contribution in [0.1, 0.15) is 5.56 Å². The normalized spacial score (nSPS) is 10.7. The quantitative estimate of drug-likeness (QED) is 0.503. The average Bonchev–Trinajstić information content (AvgIpc) is 2.40. The lowest BCUT2D eigenvalue weighted by Gasteiger charge is -2.19. The molecule has 19 heavy (non-hydrogen) atoms. The van der Waals surface area contributed by atoms with Gasteiger partial charge in [0, 0.05) is 25.3 Å². The number of rotatable bonds is 8. The highest BCUT2D eigenvalue weighted by Gasteiger charge is 2.11. The highest BCUT2D eigenvalue weighted by atomic mass is 16.3. The van der Waals surface area contributed by atoms with Gasteiger partial charge in [-0.15, -0.1) is 0 Å². The molecule has 0 bridgehead atoms. The van der Waals surface area contributed by atoms with Crippen molar-refractivity contribution in [2.24, 2.45) is 5.73 Å². The Morgan fingerprint density at radius 2 is 1.84 bits per heavy atom. The molecule has 1 aromatic rings. The number of anilines is 1. The fourth-order valence-corrected chi connectivity index (χ4v) is 1.77. The lowest BCUT2D eigenvalue weighted by molar-refractivity contribution is -0.117. The summed E-state index contributed by atoms with van der Waals surface area (Å²) in [4.78, 5) is 13.6. The summed E-state index contributed by atoms with van der Waals surface area (Å²) < 4.78 is 0. The number of nitrogens with two attached hydrogens (primary N) is 1. The Kier molecular flexibility index (Phi) is 7.06. The fraction of sp³-hybridized carbons (Fsp3) is 0.462. The molecule has 5 N–H and O–H groups in total. The summed E-state index contributed by atoms with van der Waals surface area (Å²) in [6.45, 7) is 1.09. The van der Waals surface area contributed by atoms with Crippen molar-refractivity contribution in [2.45, 2.75) is 6.54 Å². The number of aliphatic hydroxyl groups excluding tert-OH is 2. The molecular weight excluding hydrogens is 246 g/mol. The Morgan fingerprint density at radius 3 is 2.42 bits per heavy atom. The highest BCUT2D eigenvalue weighted by molar-refractivity contribution is 5.92. The maximum absolute atomic E-state index is 11.9. The van der Waals surface area contributed by atoms with E-state index in [-0.39, 0.29) is 25.7 Å². The van der Waals surface area contributed by atoms with E-state index < -0.39 is 0 Å². The Balaban J connectivity index is 2.58. The van der Waals surface area contributed by atoms with Crippen LogP contribution in [0.3, 0.4) is 0 Å². The molecular formula is C13H21N3O3. The number of hydrogen-bond acceptors (Lipinski definition) is 5. The van der Waals surface area contributed by atoms with Gasteiger partial charge in [0.15, 0.2) is 0 Å². The molecule has 0 aliphatic rings. The molecule has 0 aromatic heterocycles. The number of hydrogen-bond donors (Lipinski definition) is 4. The summed E-state index contributed by atoms with van der Waals surface area (Å²) in [6.07, 6.45) is 0. The third kappa shape index (κ3) is 5.35. The van der Waals surface area contributed by atoms with E-state index in [0.29, 0.717) is 25.3 Å². The summed E-state index contributed by atoms with van der Waals surface area (Å²) in [5.74, 6) is -0.192. The number of carbonyl (C=O) groups excluding carboxylic acids is 1. The van der Waals surface area contributed by atoms with E-state index in [0.717, 1.165) is 5.56 Å². The van der Waals surface area contributed by atoms with Crippen LogP contribution in [0, 0.1) is 0 Å². The Labute approximate surface area is 112 Å². The van der Waals surface area contributed by atoms with Gasteiger partial charge in [0.25, 0.3) is 0 Å². The minimum atomic E-state index is -0.192. The van der Waals surface area contributed by atoms with Gasteiger partial charge in [-0.3, -0.25) is 9.69 Å². The van der Waals surface area contributed by atoms with Gasteiger partial charge in [-0.1, -0.05) is 18.2 Å². The zero-order valence-electron chi connectivity index (χ0n) is 10.9. The zero-order valence-corrected chi connectivity index (χ0v) is 10.9. The Morgan fingerprint density at radius 1 is 1.21 bits per heavy atom. The molecule has 0 saturated heterocycles. The molecule has 0 aliphatic carbocycles. The number of aliphatic hydroxyl groups is 2. The van der Waals surface area contributed by atoms with Crippen LogP contribution < -0.4 is 11.1 Å². The van der Waals surface area contributed by atoms with Crippen molar-refractivity contribution in [1.82, 2.24) is 4.90 Å². The molecule has 0 spiro atoms. The lowest BCUT2D eigenvalue weighted by Crippen LogP contribution is -2.37. The van der Waals surface area contributed by atoms with Crippen LogP contribution in [0.4, 0.5) is 5.69 Å². The fourth-order valence-electron chi connectivity index (χ4n) is 1.77. The van der Waals surface area contributed by atoms with E-state index in [1.54, 1.807) is 11.0 Å². The Bertz CT molecular complexity index is 392. The van der Waals surface area contributed by atoms with E-state index in [1.165, 1.54) is 0 Å². The molecule has 0 fully saturated rings. The average molecular weight is 267 g/mol. The van der Waals surface area contributed by atoms with Crippen molar-refractivity contribution in [3.63, 3.8) is 0 Å². The van der Waals surface area contributed by atoms with Gasteiger partial charge >= 0.3 is 0 Å². The first kappa shape index (κ1) is 15.6. The van der Waals surface area contributed by atoms with Crippen LogP contribution in [0.15, 0.2) is 24.3 Å². The SMILES string of the molecule is NCc1ccccc1NC(=O)CN(CCO)CCO. The predicted molar refractivity (Wildman–Crippen MR) is 73.6 cm³/mol. The molecule has 0 saturated carbocycles. The monoisotopic (exact) mass is 267 g/mol. The highest BCUT2D eigenvalue weighted by Crippen LogP contribution is 2.13. The molecule has 0 radical (unpaired) electrons. The van der Waals surface area contributed by atoms with E-state index in [9.17, 15) is 4.79 Å². The standard InChI is InChI=1S/C13H21N3O3/c14-9-11-3-1-2-4-12(11)15-13(19)10-16(5-7-17)6-8-18/h1-4,17-18H,5-10,14H2,(H,15,19). The van der Waals surface area contributed by atoms with Gasteiger partial charge in [0.1, 0.15) is 0 Å². The number of para-hydroxylation sites is 1. The van der Waals surface area contributed by atoms with Crippen LogP contribution in [-0.2, 0) is 11.3 Å². The number of benzene rings is 1. The van der Waals surface area contributed by atoms with Gasteiger partial charge in [0.05, 0.1) is 19.8 Å². The van der Waals surface area contributed by atoms with Gasteiger partial charge in [-0.05, 0) is 11.6 Å². The van der Waals surface area contributed by atoms with Crippen LogP contribution >= 0.6 is 0 Å². The molecule has 0 atom stereocenters. The molecule has 0 aliphatic heterocycles. The first-order valence-corrected chi connectivity index (χ1v) is 6.23. The van der Waals surface area contributed by atoms with Crippen molar-refractivity contribution < 1.29 is 15.0 Å². The van der Waals surface area contributed by atoms with Crippen molar-refractivity contribution >= 4 is 11.6 Å². The van der Waals surface area contributed by atoms with Crippen LogP contribution in [0.2, 0.25) is 0 Å². The molecule has 106 valence electrons. The summed E-state index contributed by atoms with van der Waals surface area (Å²) >= 11 is 0. The minimum Gasteiger partial charge on any atom is -0.395 e. The van der Waals surface area contributed by atoms with Crippen molar-refractivity contribution in [1.29, 1.82) is 0 Å². The first-order valence-electron chi connectivity index (χ1n) is 6.23. The molecule has 0 unspecified atom stereocenters. The van der Waals surface area contributed by atoms with Crippen LogP contribution in [-0.4, -0.2) is 53.9 Å². The second-order valence-corrected chi connectivity index (χ2v) is 4.13. The van der Waals surface area contributed by atoms with E-state index in [2.05, 4.69) is 5.32 Å². The van der Waals surface area contributed by atoms with E-state index >= 15 is 0 Å². The number of nitrogens with one attached hydrogen (secondary N) is 1. The van der Waals surface area contributed by atoms with Gasteiger partial charge in [0.2, 0.25) is 5.91 Å². The second kappa shape index (κ2) is 8.60. The summed E-state index contributed by atoms with van der Waals surface area (Å²) in [7, 11) is 0. The van der Waals surface area contributed by atoms with Crippen LogP contribution in [0.5, 0.6) is 0 Å². The second-order valence-electron chi connectivity index (χ2n) is 4.13. The summed E-state index contributed by atoms with van der Waals surface area (Å²) in [6, 6.07) is 7.34. The third-order valence-corrected chi connectivity index (χ3v) is 2.71. The maximum Gasteiger partial charge on any atom is 0.238 e. The van der Waals surface area contributed by atoms with Gasteiger partial charge < -0.3 is 21.3 Å². The largest absolute Gasteiger partial charge is 0.395 e. The molecule has 6 heteroatoms. The third-order valence-electron chi connectivity index (χ3n) is 2.71. The van der Waals surface area contributed by atoms with Gasteiger partial charge in [-0.2, -0.15) is 0 Å². The van der Waals surface area contributed by atoms with Crippen molar-refractivity contribution in [3.8, 4) is 0 Å². The number of nitrogens with zero attached hydrogens (tertiary/aromatic N) is 1. The smallest absolute Gasteiger partial charge is 0.238 e. The summed E-state index contributed by atoms with van der Waals surface area (Å²) in [5.41, 5.74) is 7.16. The van der Waals surface area contributed by atoms with Crippen molar-refractivity contribution in [3.05, 3.63) is 29.8 Å². The van der Waals surface area contributed by atoms with Gasteiger partial charge in [-0.25, -0.2) is 0 Å². The molecule has 0 heterocycles. The number of carbonyl (C=O) groups is 1. The lowest BCUT2D eigenvalue weighted by atomic mass is 10.2. The zero-order chi connectivity index (χ0) is 14.1. The first-order chi connectivity index (χ1) is 9.21. The van der Waals surface area contributed by atoms with E-state index in [4.69, 9.17) is 15.9 Å². The van der Waals surface area contributed by atoms with Crippen molar-refractivity contribution in [2.75, 3.05) is 38.2 Å².